The Hall–Kier alpha value is -3.75. The van der Waals surface area contributed by atoms with Crippen LogP contribution in [0, 0.1) is 11.3 Å². The molecule has 29 heavy (non-hydrogen) atoms. The molecule has 1 amide bonds. The van der Waals surface area contributed by atoms with Crippen molar-refractivity contribution in [1.29, 1.82) is 5.26 Å². The number of nitrogens with one attached hydrogen (secondary N) is 1. The number of nitrogens with zero attached hydrogens (tertiary/aromatic N) is 1. The Morgan fingerprint density at radius 3 is 2.59 bits per heavy atom. The molecule has 0 aliphatic carbocycles. The minimum Gasteiger partial charge on any atom is -0.508 e. The van der Waals surface area contributed by atoms with Gasteiger partial charge in [0.2, 0.25) is 0 Å². The number of carbonyl (C=O) groups excluding carboxylic acids is 1. The Morgan fingerprint density at radius 1 is 1.10 bits per heavy atom. The first-order valence-electron chi connectivity index (χ1n) is 8.73. The highest BCUT2D eigenvalue weighted by Crippen LogP contribution is 2.21. The third-order valence-corrected chi connectivity index (χ3v) is 4.38. The van der Waals surface area contributed by atoms with Crippen LogP contribution < -0.4 is 10.1 Å². The Morgan fingerprint density at radius 2 is 1.86 bits per heavy atom. The second-order valence-corrected chi connectivity index (χ2v) is 6.53. The van der Waals surface area contributed by atoms with Gasteiger partial charge in [-0.05, 0) is 54.1 Å². The SMILES string of the molecule is N#C/C(=C/c1cccc(OCc2ccccc2Cl)c1)C(=O)Nc1ccc(O)cc1. The molecule has 3 aromatic carbocycles. The molecule has 0 spiro atoms. The smallest absolute Gasteiger partial charge is 0.266 e. The Labute approximate surface area is 173 Å². The molecule has 0 atom stereocenters. The zero-order valence-electron chi connectivity index (χ0n) is 15.3. The standard InChI is InChI=1S/C23H17ClN2O3/c24-22-7-2-1-5-17(22)15-29-21-6-3-4-16(13-21)12-18(14-25)23(28)26-19-8-10-20(27)11-9-19/h1-13,27H,15H2,(H,26,28)/b18-12-. The summed E-state index contributed by atoms with van der Waals surface area (Å²) < 4.78 is 5.78. The Balaban J connectivity index is 1.71. The molecule has 0 unspecified atom stereocenters. The summed E-state index contributed by atoms with van der Waals surface area (Å²) in [5.41, 5.74) is 1.94. The maximum absolute atomic E-state index is 12.4. The van der Waals surface area contributed by atoms with Gasteiger partial charge in [0.15, 0.2) is 0 Å². The first-order chi connectivity index (χ1) is 14.0. The van der Waals surface area contributed by atoms with Gasteiger partial charge in [0.1, 0.15) is 29.7 Å². The average molecular weight is 405 g/mol. The van der Waals surface area contributed by atoms with Crippen molar-refractivity contribution in [2.24, 2.45) is 0 Å². The minimum atomic E-state index is -0.541. The van der Waals surface area contributed by atoms with Crippen molar-refractivity contribution in [3.8, 4) is 17.6 Å². The number of nitriles is 1. The van der Waals surface area contributed by atoms with Crippen molar-refractivity contribution in [3.05, 3.63) is 94.5 Å². The maximum atomic E-state index is 12.4. The van der Waals surface area contributed by atoms with Crippen LogP contribution in [0.25, 0.3) is 6.08 Å². The number of phenols is 1. The zero-order chi connectivity index (χ0) is 20.6. The van der Waals surface area contributed by atoms with Gasteiger partial charge in [0.25, 0.3) is 5.91 Å². The number of rotatable bonds is 6. The fourth-order valence-corrected chi connectivity index (χ4v) is 2.72. The summed E-state index contributed by atoms with van der Waals surface area (Å²) in [5, 5.41) is 21.9. The van der Waals surface area contributed by atoms with E-state index in [1.54, 1.807) is 42.5 Å². The van der Waals surface area contributed by atoms with Gasteiger partial charge in [-0.2, -0.15) is 5.26 Å². The number of anilines is 1. The summed E-state index contributed by atoms with van der Waals surface area (Å²) in [6.07, 6.45) is 1.48. The molecular formula is C23H17ClN2O3. The Bertz CT molecular complexity index is 1090. The van der Waals surface area contributed by atoms with Crippen LogP contribution in [-0.2, 0) is 11.4 Å². The number of hydrogen-bond donors (Lipinski definition) is 2. The molecule has 0 aliphatic rings. The lowest BCUT2D eigenvalue weighted by Gasteiger charge is -2.08. The van der Waals surface area contributed by atoms with E-state index < -0.39 is 5.91 Å². The predicted octanol–water partition coefficient (Wildman–Crippen LogP) is 5.17. The Kier molecular flexibility index (Phi) is 6.51. The summed E-state index contributed by atoms with van der Waals surface area (Å²) >= 11 is 6.14. The number of phenolic OH excluding ortho intramolecular Hbond substituents is 1. The summed E-state index contributed by atoms with van der Waals surface area (Å²) in [6, 6.07) is 22.4. The van der Waals surface area contributed by atoms with Gasteiger partial charge < -0.3 is 15.2 Å². The van der Waals surface area contributed by atoms with Crippen molar-refractivity contribution in [3.63, 3.8) is 0 Å². The second-order valence-electron chi connectivity index (χ2n) is 6.12. The molecule has 144 valence electrons. The van der Waals surface area contributed by atoms with E-state index in [0.29, 0.717) is 28.6 Å². The van der Waals surface area contributed by atoms with Gasteiger partial charge in [0, 0.05) is 16.3 Å². The average Bonchev–Trinajstić information content (AvgIpc) is 2.73. The summed E-state index contributed by atoms with van der Waals surface area (Å²) in [5.74, 6) is 0.142. The van der Waals surface area contributed by atoms with Crippen molar-refractivity contribution in [1.82, 2.24) is 0 Å². The molecule has 0 radical (unpaired) electrons. The summed E-state index contributed by atoms with van der Waals surface area (Å²) in [4.78, 5) is 12.4. The summed E-state index contributed by atoms with van der Waals surface area (Å²) in [7, 11) is 0. The topological polar surface area (TPSA) is 82.3 Å². The highest BCUT2D eigenvalue weighted by Gasteiger charge is 2.10. The highest BCUT2D eigenvalue weighted by atomic mass is 35.5. The summed E-state index contributed by atoms with van der Waals surface area (Å²) in [6.45, 7) is 0.305. The third-order valence-electron chi connectivity index (χ3n) is 4.01. The zero-order valence-corrected chi connectivity index (χ0v) is 16.1. The quantitative estimate of drug-likeness (QED) is 0.337. The molecule has 3 rings (SSSR count). The number of carbonyl (C=O) groups is 1. The van der Waals surface area contributed by atoms with E-state index in [9.17, 15) is 15.2 Å². The second kappa shape index (κ2) is 9.45. The molecule has 0 saturated heterocycles. The van der Waals surface area contributed by atoms with E-state index >= 15 is 0 Å². The molecule has 0 saturated carbocycles. The van der Waals surface area contributed by atoms with Gasteiger partial charge in [-0.3, -0.25) is 4.79 Å². The fourth-order valence-electron chi connectivity index (χ4n) is 2.53. The van der Waals surface area contributed by atoms with Crippen LogP contribution in [0.3, 0.4) is 0 Å². The van der Waals surface area contributed by atoms with E-state index in [-0.39, 0.29) is 11.3 Å². The van der Waals surface area contributed by atoms with E-state index in [1.165, 1.54) is 18.2 Å². The third kappa shape index (κ3) is 5.61. The van der Waals surface area contributed by atoms with E-state index in [2.05, 4.69) is 5.32 Å². The minimum absolute atomic E-state index is 0.0543. The van der Waals surface area contributed by atoms with Crippen LogP contribution in [0.4, 0.5) is 5.69 Å². The van der Waals surface area contributed by atoms with Crippen LogP contribution in [0.2, 0.25) is 5.02 Å². The van der Waals surface area contributed by atoms with Gasteiger partial charge in [0.05, 0.1) is 0 Å². The molecule has 0 aromatic heterocycles. The monoisotopic (exact) mass is 404 g/mol. The number of aromatic hydroxyl groups is 1. The number of ether oxygens (including phenoxy) is 1. The van der Waals surface area contributed by atoms with E-state index in [1.807, 2.05) is 24.3 Å². The van der Waals surface area contributed by atoms with Crippen molar-refractivity contribution < 1.29 is 14.6 Å². The number of halogens is 1. The van der Waals surface area contributed by atoms with Crippen molar-refractivity contribution in [2.45, 2.75) is 6.61 Å². The molecule has 0 fully saturated rings. The molecule has 0 aliphatic heterocycles. The van der Waals surface area contributed by atoms with Gasteiger partial charge in [-0.15, -0.1) is 0 Å². The molecular weight excluding hydrogens is 388 g/mol. The largest absolute Gasteiger partial charge is 0.508 e. The van der Waals surface area contributed by atoms with Crippen LogP contribution in [0.1, 0.15) is 11.1 Å². The molecule has 2 N–H and O–H groups in total. The maximum Gasteiger partial charge on any atom is 0.266 e. The molecule has 0 heterocycles. The van der Waals surface area contributed by atoms with Gasteiger partial charge in [-0.1, -0.05) is 41.9 Å². The van der Waals surface area contributed by atoms with Crippen molar-refractivity contribution in [2.75, 3.05) is 5.32 Å². The van der Waals surface area contributed by atoms with E-state index in [4.69, 9.17) is 16.3 Å². The van der Waals surface area contributed by atoms with Crippen LogP contribution in [-0.4, -0.2) is 11.0 Å². The number of hydrogen-bond acceptors (Lipinski definition) is 4. The van der Waals surface area contributed by atoms with E-state index in [0.717, 1.165) is 5.56 Å². The highest BCUT2D eigenvalue weighted by molar-refractivity contribution is 6.31. The van der Waals surface area contributed by atoms with Gasteiger partial charge >= 0.3 is 0 Å². The number of amides is 1. The lowest BCUT2D eigenvalue weighted by Crippen LogP contribution is -2.13. The van der Waals surface area contributed by atoms with Gasteiger partial charge in [-0.25, -0.2) is 0 Å². The van der Waals surface area contributed by atoms with Crippen molar-refractivity contribution >= 4 is 29.3 Å². The normalized spacial score (nSPS) is 10.8. The van der Waals surface area contributed by atoms with Crippen LogP contribution >= 0.6 is 11.6 Å². The lowest BCUT2D eigenvalue weighted by atomic mass is 10.1. The molecule has 5 nitrogen and oxygen atoms in total. The first-order valence-corrected chi connectivity index (χ1v) is 9.11. The van der Waals surface area contributed by atoms with Crippen LogP contribution in [0.5, 0.6) is 11.5 Å². The first kappa shape index (κ1) is 20.0. The lowest BCUT2D eigenvalue weighted by molar-refractivity contribution is -0.112. The predicted molar refractivity (Wildman–Crippen MR) is 113 cm³/mol. The fraction of sp³-hybridized carbons (Fsp3) is 0.0435. The molecule has 0 bridgehead atoms. The van der Waals surface area contributed by atoms with Crippen LogP contribution in [0.15, 0.2) is 78.4 Å². The number of benzene rings is 3. The molecule has 3 aromatic rings. The molecule has 6 heteroatoms.